The fourth-order valence-corrected chi connectivity index (χ4v) is 3.48. The van der Waals surface area contributed by atoms with E-state index in [0.717, 1.165) is 22.9 Å². The molecule has 1 fully saturated rings. The van der Waals surface area contributed by atoms with Crippen molar-refractivity contribution in [3.05, 3.63) is 29.3 Å². The highest BCUT2D eigenvalue weighted by molar-refractivity contribution is 8.01. The van der Waals surface area contributed by atoms with Crippen molar-refractivity contribution in [3.8, 4) is 0 Å². The van der Waals surface area contributed by atoms with Crippen LogP contribution >= 0.6 is 11.8 Å². The van der Waals surface area contributed by atoms with Crippen LogP contribution in [0.2, 0.25) is 0 Å². The van der Waals surface area contributed by atoms with E-state index in [1.807, 2.05) is 32.0 Å². The van der Waals surface area contributed by atoms with Crippen molar-refractivity contribution in [2.24, 2.45) is 0 Å². The molecular formula is C15H17NO4S. The fraction of sp³-hybridized carbons (Fsp3) is 0.400. The lowest BCUT2D eigenvalue weighted by atomic mass is 10.1. The van der Waals surface area contributed by atoms with Crippen LogP contribution in [0.4, 0.5) is 5.69 Å². The second-order valence-corrected chi connectivity index (χ2v) is 6.67. The molecule has 21 heavy (non-hydrogen) atoms. The third-order valence-electron chi connectivity index (χ3n) is 3.48. The molecule has 6 heteroatoms. The number of thioether (sulfide) groups is 1. The highest BCUT2D eigenvalue weighted by Gasteiger charge is 2.42. The SMILES string of the molecule is Cc1cccc(C)c1N1C(=O)CC(SC(C)C(=O)O)C1=O. The predicted octanol–water partition coefficient (Wildman–Crippen LogP) is 2.14. The summed E-state index contributed by atoms with van der Waals surface area (Å²) < 4.78 is 0. The van der Waals surface area contributed by atoms with Gasteiger partial charge < -0.3 is 5.11 Å². The number of hydrogen-bond donors (Lipinski definition) is 1. The molecule has 0 bridgehead atoms. The average Bonchev–Trinajstić information content (AvgIpc) is 2.66. The van der Waals surface area contributed by atoms with Crippen molar-refractivity contribution in [3.63, 3.8) is 0 Å². The van der Waals surface area contributed by atoms with Crippen LogP contribution in [0.25, 0.3) is 0 Å². The largest absolute Gasteiger partial charge is 0.480 e. The molecular weight excluding hydrogens is 290 g/mol. The van der Waals surface area contributed by atoms with Crippen LogP contribution in [0.3, 0.4) is 0 Å². The standard InChI is InChI=1S/C15H17NO4S/c1-8-5-4-6-9(2)13(8)16-12(17)7-11(14(16)18)21-10(3)15(19)20/h4-6,10-11H,7H2,1-3H3,(H,19,20). The maximum Gasteiger partial charge on any atom is 0.316 e. The number of hydrogen-bond acceptors (Lipinski definition) is 4. The van der Waals surface area contributed by atoms with Crippen molar-refractivity contribution < 1.29 is 19.5 Å². The molecule has 0 saturated carbocycles. The lowest BCUT2D eigenvalue weighted by Gasteiger charge is -2.20. The van der Waals surface area contributed by atoms with Gasteiger partial charge in [0, 0.05) is 6.42 Å². The van der Waals surface area contributed by atoms with E-state index >= 15 is 0 Å². The molecule has 1 saturated heterocycles. The number of carboxylic acids is 1. The van der Waals surface area contributed by atoms with Gasteiger partial charge in [0.1, 0.15) is 5.25 Å². The maximum absolute atomic E-state index is 12.5. The molecule has 1 N–H and O–H groups in total. The van der Waals surface area contributed by atoms with E-state index in [2.05, 4.69) is 0 Å². The fourth-order valence-electron chi connectivity index (χ4n) is 2.41. The monoisotopic (exact) mass is 307 g/mol. The summed E-state index contributed by atoms with van der Waals surface area (Å²) in [6.07, 6.45) is 0.0505. The highest BCUT2D eigenvalue weighted by Crippen LogP contribution is 2.34. The number of nitrogens with zero attached hydrogens (tertiary/aromatic N) is 1. The van der Waals surface area contributed by atoms with Gasteiger partial charge in [-0.3, -0.25) is 14.4 Å². The number of amides is 2. The van der Waals surface area contributed by atoms with E-state index in [1.54, 1.807) is 0 Å². The quantitative estimate of drug-likeness (QED) is 0.863. The molecule has 1 aliphatic rings. The zero-order valence-corrected chi connectivity index (χ0v) is 12.9. The van der Waals surface area contributed by atoms with Crippen LogP contribution in [-0.4, -0.2) is 33.4 Å². The van der Waals surface area contributed by atoms with Gasteiger partial charge in [-0.2, -0.15) is 0 Å². The Hall–Kier alpha value is -1.82. The smallest absolute Gasteiger partial charge is 0.316 e. The predicted molar refractivity (Wildman–Crippen MR) is 81.5 cm³/mol. The molecule has 2 rings (SSSR count). The minimum atomic E-state index is -0.981. The van der Waals surface area contributed by atoms with E-state index < -0.39 is 16.5 Å². The number of benzene rings is 1. The maximum atomic E-state index is 12.5. The van der Waals surface area contributed by atoms with Gasteiger partial charge >= 0.3 is 5.97 Å². The van der Waals surface area contributed by atoms with Crippen LogP contribution in [0.1, 0.15) is 24.5 Å². The number of imide groups is 1. The molecule has 1 aromatic carbocycles. The summed E-state index contributed by atoms with van der Waals surface area (Å²) in [6.45, 7) is 5.22. The Morgan fingerprint density at radius 3 is 2.43 bits per heavy atom. The summed E-state index contributed by atoms with van der Waals surface area (Å²) in [5.74, 6) is -1.58. The van der Waals surface area contributed by atoms with Gasteiger partial charge in [-0.1, -0.05) is 18.2 Å². The molecule has 1 aliphatic heterocycles. The Morgan fingerprint density at radius 1 is 1.33 bits per heavy atom. The van der Waals surface area contributed by atoms with Crippen molar-refractivity contribution >= 4 is 35.2 Å². The molecule has 2 atom stereocenters. The molecule has 1 aromatic rings. The van der Waals surface area contributed by atoms with Crippen LogP contribution in [-0.2, 0) is 14.4 Å². The van der Waals surface area contributed by atoms with Crippen LogP contribution < -0.4 is 4.90 Å². The normalized spacial score (nSPS) is 20.0. The Morgan fingerprint density at radius 2 is 1.90 bits per heavy atom. The number of carbonyl (C=O) groups is 3. The first kappa shape index (κ1) is 15.6. The summed E-state index contributed by atoms with van der Waals surface area (Å²) in [4.78, 5) is 36.8. The number of para-hydroxylation sites is 1. The summed E-state index contributed by atoms with van der Waals surface area (Å²) in [5.41, 5.74) is 2.33. The molecule has 112 valence electrons. The van der Waals surface area contributed by atoms with E-state index in [-0.39, 0.29) is 18.2 Å². The second kappa shape index (κ2) is 5.89. The molecule has 0 aromatic heterocycles. The topological polar surface area (TPSA) is 74.7 Å². The van der Waals surface area contributed by atoms with Gasteiger partial charge in [0.05, 0.1) is 10.9 Å². The first-order valence-electron chi connectivity index (χ1n) is 6.64. The van der Waals surface area contributed by atoms with Crippen molar-refractivity contribution in [1.82, 2.24) is 0 Å². The average molecular weight is 307 g/mol. The van der Waals surface area contributed by atoms with E-state index in [1.165, 1.54) is 11.8 Å². The molecule has 5 nitrogen and oxygen atoms in total. The number of aliphatic carboxylic acids is 1. The second-order valence-electron chi connectivity index (χ2n) is 5.12. The van der Waals surface area contributed by atoms with Crippen molar-refractivity contribution in [2.75, 3.05) is 4.90 Å². The Labute approximate surface area is 127 Å². The number of anilines is 1. The Kier molecular flexibility index (Phi) is 4.37. The molecule has 0 aliphatic carbocycles. The number of aryl methyl sites for hydroxylation is 2. The number of rotatable bonds is 4. The summed E-state index contributed by atoms with van der Waals surface area (Å²) in [5, 5.41) is 7.59. The number of carbonyl (C=O) groups excluding carboxylic acids is 2. The van der Waals surface area contributed by atoms with Gasteiger partial charge in [0.2, 0.25) is 11.8 Å². The van der Waals surface area contributed by atoms with Crippen LogP contribution in [0.15, 0.2) is 18.2 Å². The molecule has 2 amide bonds. The Balaban J connectivity index is 2.29. The summed E-state index contributed by atoms with van der Waals surface area (Å²) >= 11 is 1.03. The lowest BCUT2D eigenvalue weighted by molar-refractivity contribution is -0.136. The number of carboxylic acid groups (broad SMARTS) is 1. The summed E-state index contributed by atoms with van der Waals surface area (Å²) in [6, 6.07) is 5.57. The first-order valence-corrected chi connectivity index (χ1v) is 7.58. The first-order chi connectivity index (χ1) is 9.82. The van der Waals surface area contributed by atoms with Crippen molar-refractivity contribution in [1.29, 1.82) is 0 Å². The van der Waals surface area contributed by atoms with E-state index in [9.17, 15) is 14.4 Å². The van der Waals surface area contributed by atoms with Crippen LogP contribution in [0, 0.1) is 13.8 Å². The van der Waals surface area contributed by atoms with Gasteiger partial charge in [0.25, 0.3) is 0 Å². The minimum absolute atomic E-state index is 0.0505. The van der Waals surface area contributed by atoms with Gasteiger partial charge in [-0.15, -0.1) is 11.8 Å². The third kappa shape index (κ3) is 2.95. The lowest BCUT2D eigenvalue weighted by Crippen LogP contribution is -2.33. The third-order valence-corrected chi connectivity index (χ3v) is 4.79. The molecule has 1 heterocycles. The molecule has 0 spiro atoms. The Bertz CT molecular complexity index is 593. The zero-order chi connectivity index (χ0) is 15.7. The van der Waals surface area contributed by atoms with E-state index in [0.29, 0.717) is 5.69 Å². The van der Waals surface area contributed by atoms with Crippen molar-refractivity contribution in [2.45, 2.75) is 37.7 Å². The van der Waals surface area contributed by atoms with Crippen LogP contribution in [0.5, 0.6) is 0 Å². The zero-order valence-electron chi connectivity index (χ0n) is 12.1. The highest BCUT2D eigenvalue weighted by atomic mass is 32.2. The minimum Gasteiger partial charge on any atom is -0.480 e. The summed E-state index contributed by atoms with van der Waals surface area (Å²) in [7, 11) is 0. The van der Waals surface area contributed by atoms with Gasteiger partial charge in [-0.05, 0) is 31.9 Å². The van der Waals surface area contributed by atoms with Gasteiger partial charge in [-0.25, -0.2) is 4.90 Å². The van der Waals surface area contributed by atoms with Gasteiger partial charge in [0.15, 0.2) is 0 Å². The molecule has 0 radical (unpaired) electrons. The molecule has 2 unspecified atom stereocenters. The van der Waals surface area contributed by atoms with E-state index in [4.69, 9.17) is 5.11 Å².